The molecule has 0 radical (unpaired) electrons. The van der Waals surface area contributed by atoms with Gasteiger partial charge in [-0.3, -0.25) is 9.59 Å². The predicted molar refractivity (Wildman–Crippen MR) is 94.8 cm³/mol. The fourth-order valence-electron chi connectivity index (χ4n) is 1.84. The summed E-state index contributed by atoms with van der Waals surface area (Å²) in [7, 11) is 1.60. The highest BCUT2D eigenvalue weighted by Crippen LogP contribution is 2.28. The Kier molecular flexibility index (Phi) is 7.07. The quantitative estimate of drug-likeness (QED) is 0.572. The molecule has 0 aliphatic carbocycles. The van der Waals surface area contributed by atoms with Crippen molar-refractivity contribution in [1.29, 1.82) is 0 Å². The molecule has 128 valence electrons. The number of thiazole rings is 1. The summed E-state index contributed by atoms with van der Waals surface area (Å²) in [5.41, 5.74) is 0.589. The largest absolute Gasteiger partial charge is 0.496 e. The highest BCUT2D eigenvalue weighted by Gasteiger charge is 2.11. The second kappa shape index (κ2) is 9.29. The summed E-state index contributed by atoms with van der Waals surface area (Å²) in [5, 5.41) is 4.94. The van der Waals surface area contributed by atoms with Crippen LogP contribution in [0.1, 0.15) is 12.6 Å². The lowest BCUT2D eigenvalue weighted by Crippen LogP contribution is -2.14. The number of rotatable bonds is 8. The van der Waals surface area contributed by atoms with Crippen molar-refractivity contribution in [1.82, 2.24) is 4.98 Å². The third-order valence-electron chi connectivity index (χ3n) is 2.86. The molecule has 0 saturated heterocycles. The van der Waals surface area contributed by atoms with Gasteiger partial charge in [-0.05, 0) is 19.1 Å². The van der Waals surface area contributed by atoms with E-state index in [0.29, 0.717) is 17.4 Å². The number of benzene rings is 1. The number of aromatic nitrogens is 1. The van der Waals surface area contributed by atoms with Crippen molar-refractivity contribution in [3.8, 4) is 5.75 Å². The third kappa shape index (κ3) is 5.54. The Hall–Kier alpha value is -2.06. The average Bonchev–Trinajstić information content (AvgIpc) is 3.00. The Morgan fingerprint density at radius 2 is 2.12 bits per heavy atom. The summed E-state index contributed by atoms with van der Waals surface area (Å²) < 4.78 is 10.1. The van der Waals surface area contributed by atoms with Crippen LogP contribution in [0.4, 0.5) is 5.13 Å². The Balaban J connectivity index is 1.84. The van der Waals surface area contributed by atoms with Crippen LogP contribution < -0.4 is 10.1 Å². The number of hydrogen-bond donors (Lipinski definition) is 1. The number of esters is 1. The Bertz CT molecular complexity index is 703. The number of anilines is 1. The maximum absolute atomic E-state index is 12.0. The van der Waals surface area contributed by atoms with Gasteiger partial charge in [0.25, 0.3) is 0 Å². The predicted octanol–water partition coefficient (Wildman–Crippen LogP) is 2.99. The molecule has 0 aliphatic heterocycles. The molecule has 2 aromatic rings. The number of nitrogens with zero attached hydrogens (tertiary/aromatic N) is 1. The Morgan fingerprint density at radius 1 is 1.33 bits per heavy atom. The first-order chi connectivity index (χ1) is 11.6. The topological polar surface area (TPSA) is 77.5 Å². The minimum Gasteiger partial charge on any atom is -0.496 e. The maximum Gasteiger partial charge on any atom is 0.311 e. The fourth-order valence-corrected chi connectivity index (χ4v) is 3.40. The minimum atomic E-state index is -0.326. The summed E-state index contributed by atoms with van der Waals surface area (Å²) >= 11 is 2.67. The monoisotopic (exact) mass is 366 g/mol. The van der Waals surface area contributed by atoms with Gasteiger partial charge >= 0.3 is 5.97 Å². The van der Waals surface area contributed by atoms with E-state index in [1.165, 1.54) is 23.1 Å². The first-order valence-corrected chi connectivity index (χ1v) is 9.14. The van der Waals surface area contributed by atoms with E-state index in [1.807, 2.05) is 24.3 Å². The Morgan fingerprint density at radius 3 is 2.88 bits per heavy atom. The summed E-state index contributed by atoms with van der Waals surface area (Å²) in [6.45, 7) is 2.09. The number of carbonyl (C=O) groups is 2. The molecule has 0 fully saturated rings. The van der Waals surface area contributed by atoms with Gasteiger partial charge in [0, 0.05) is 10.3 Å². The number of carbonyl (C=O) groups excluding carboxylic acids is 2. The van der Waals surface area contributed by atoms with Gasteiger partial charge in [0.1, 0.15) is 5.75 Å². The van der Waals surface area contributed by atoms with Gasteiger partial charge in [-0.2, -0.15) is 0 Å². The standard InChI is InChI=1S/C16H18N2O4S2/c1-3-22-15(20)8-11-9-24-16(17-11)18-14(19)10-23-13-7-5-4-6-12(13)21-2/h4-7,9H,3,8,10H2,1-2H3,(H,17,18,19). The van der Waals surface area contributed by atoms with Crippen LogP contribution in [0.2, 0.25) is 0 Å². The van der Waals surface area contributed by atoms with Crippen LogP contribution in [0.5, 0.6) is 5.75 Å². The van der Waals surface area contributed by atoms with E-state index in [-0.39, 0.29) is 24.1 Å². The zero-order chi connectivity index (χ0) is 17.4. The Labute approximate surface area is 148 Å². The van der Waals surface area contributed by atoms with Crippen molar-refractivity contribution in [3.05, 3.63) is 35.3 Å². The summed E-state index contributed by atoms with van der Waals surface area (Å²) in [5.74, 6) is 0.490. The summed E-state index contributed by atoms with van der Waals surface area (Å²) in [6.07, 6.45) is 0.107. The van der Waals surface area contributed by atoms with Gasteiger partial charge in [-0.1, -0.05) is 12.1 Å². The smallest absolute Gasteiger partial charge is 0.311 e. The van der Waals surface area contributed by atoms with E-state index in [0.717, 1.165) is 10.6 Å². The van der Waals surface area contributed by atoms with Crippen molar-refractivity contribution in [3.63, 3.8) is 0 Å². The second-order valence-corrected chi connectivity index (χ2v) is 6.49. The highest BCUT2D eigenvalue weighted by atomic mass is 32.2. The molecule has 1 heterocycles. The second-order valence-electron chi connectivity index (χ2n) is 4.61. The van der Waals surface area contributed by atoms with Gasteiger partial charge in [-0.15, -0.1) is 23.1 Å². The molecule has 8 heteroatoms. The molecule has 6 nitrogen and oxygen atoms in total. The van der Waals surface area contributed by atoms with Crippen molar-refractivity contribution < 1.29 is 19.1 Å². The van der Waals surface area contributed by atoms with Gasteiger partial charge in [0.15, 0.2) is 5.13 Å². The van der Waals surface area contributed by atoms with Crippen LogP contribution >= 0.6 is 23.1 Å². The van der Waals surface area contributed by atoms with Crippen molar-refractivity contribution in [2.45, 2.75) is 18.2 Å². The molecule has 0 aliphatic rings. The molecule has 0 atom stereocenters. The summed E-state index contributed by atoms with van der Waals surface area (Å²) in [4.78, 5) is 28.5. The number of thioether (sulfide) groups is 1. The lowest BCUT2D eigenvalue weighted by atomic mass is 10.3. The maximum atomic E-state index is 12.0. The van der Waals surface area contributed by atoms with E-state index in [2.05, 4.69) is 10.3 Å². The molecular formula is C16H18N2O4S2. The minimum absolute atomic E-state index is 0.107. The van der Waals surface area contributed by atoms with Crippen LogP contribution in [-0.4, -0.2) is 36.3 Å². The lowest BCUT2D eigenvalue weighted by Gasteiger charge is -2.07. The molecule has 0 saturated carbocycles. The van der Waals surface area contributed by atoms with Crippen LogP contribution in [0, 0.1) is 0 Å². The van der Waals surface area contributed by atoms with Gasteiger partial charge in [-0.25, -0.2) is 4.98 Å². The molecule has 1 aromatic heterocycles. The van der Waals surface area contributed by atoms with E-state index in [1.54, 1.807) is 19.4 Å². The number of para-hydroxylation sites is 1. The molecular weight excluding hydrogens is 348 g/mol. The normalized spacial score (nSPS) is 10.2. The molecule has 1 N–H and O–H groups in total. The molecule has 1 aromatic carbocycles. The van der Waals surface area contributed by atoms with Crippen LogP contribution in [-0.2, 0) is 20.7 Å². The van der Waals surface area contributed by atoms with Crippen molar-refractivity contribution in [2.75, 3.05) is 24.8 Å². The van der Waals surface area contributed by atoms with Crippen molar-refractivity contribution in [2.24, 2.45) is 0 Å². The molecule has 0 unspecified atom stereocenters. The lowest BCUT2D eigenvalue weighted by molar-refractivity contribution is -0.142. The first kappa shape index (κ1) is 18.3. The number of methoxy groups -OCH3 is 1. The van der Waals surface area contributed by atoms with Crippen LogP contribution in [0.25, 0.3) is 0 Å². The van der Waals surface area contributed by atoms with E-state index in [4.69, 9.17) is 9.47 Å². The molecule has 0 spiro atoms. The highest BCUT2D eigenvalue weighted by molar-refractivity contribution is 8.00. The zero-order valence-corrected chi connectivity index (χ0v) is 15.0. The van der Waals surface area contributed by atoms with Gasteiger partial charge < -0.3 is 14.8 Å². The molecule has 1 amide bonds. The van der Waals surface area contributed by atoms with Crippen molar-refractivity contribution >= 4 is 40.1 Å². The summed E-state index contributed by atoms with van der Waals surface area (Å²) in [6, 6.07) is 7.52. The van der Waals surface area contributed by atoms with Gasteiger partial charge in [0.05, 0.1) is 31.6 Å². The van der Waals surface area contributed by atoms with E-state index in [9.17, 15) is 9.59 Å². The van der Waals surface area contributed by atoms with Gasteiger partial charge in [0.2, 0.25) is 5.91 Å². The number of ether oxygens (including phenoxy) is 2. The molecule has 24 heavy (non-hydrogen) atoms. The van der Waals surface area contributed by atoms with E-state index >= 15 is 0 Å². The molecule has 2 rings (SSSR count). The molecule has 0 bridgehead atoms. The fraction of sp³-hybridized carbons (Fsp3) is 0.312. The SMILES string of the molecule is CCOC(=O)Cc1csc(NC(=O)CSc2ccccc2OC)n1. The van der Waals surface area contributed by atoms with Crippen LogP contribution in [0.15, 0.2) is 34.5 Å². The van der Waals surface area contributed by atoms with Crippen LogP contribution in [0.3, 0.4) is 0 Å². The number of amides is 1. The third-order valence-corrected chi connectivity index (χ3v) is 4.72. The zero-order valence-electron chi connectivity index (χ0n) is 13.4. The first-order valence-electron chi connectivity index (χ1n) is 7.28. The number of nitrogens with one attached hydrogen (secondary N) is 1. The number of hydrogen-bond acceptors (Lipinski definition) is 7. The van der Waals surface area contributed by atoms with E-state index < -0.39 is 0 Å². The average molecular weight is 366 g/mol.